The Morgan fingerprint density at radius 3 is 2.68 bits per heavy atom. The summed E-state index contributed by atoms with van der Waals surface area (Å²) in [7, 11) is 0. The second-order valence-electron chi connectivity index (χ2n) is 9.20. The minimum atomic E-state index is -0.942. The number of aromatic nitrogens is 4. The van der Waals surface area contributed by atoms with Crippen LogP contribution in [0.25, 0.3) is 11.0 Å². The molecular formula is C24H31N7O3. The van der Waals surface area contributed by atoms with E-state index in [2.05, 4.69) is 37.0 Å². The van der Waals surface area contributed by atoms with Gasteiger partial charge in [-0.1, -0.05) is 12.8 Å². The van der Waals surface area contributed by atoms with E-state index in [9.17, 15) is 15.0 Å². The molecule has 1 saturated heterocycles. The number of pyridine rings is 1. The highest BCUT2D eigenvalue weighted by Gasteiger charge is 2.26. The molecule has 0 amide bonds. The molecule has 2 aliphatic rings. The molecule has 10 nitrogen and oxygen atoms in total. The quantitative estimate of drug-likeness (QED) is 0.484. The largest absolute Gasteiger partial charge is 0.477 e. The van der Waals surface area contributed by atoms with Gasteiger partial charge in [-0.3, -0.25) is 4.90 Å². The van der Waals surface area contributed by atoms with Gasteiger partial charge >= 0.3 is 5.97 Å². The number of piperazine rings is 1. The maximum Gasteiger partial charge on any atom is 0.352 e. The van der Waals surface area contributed by atoms with Crippen molar-refractivity contribution in [3.8, 4) is 0 Å². The van der Waals surface area contributed by atoms with Gasteiger partial charge in [0.05, 0.1) is 18.5 Å². The highest BCUT2D eigenvalue weighted by molar-refractivity contribution is 5.93. The number of hydrogen-bond acceptors (Lipinski definition) is 8. The second-order valence-corrected chi connectivity index (χ2v) is 9.20. The van der Waals surface area contributed by atoms with E-state index in [1.807, 2.05) is 22.9 Å². The van der Waals surface area contributed by atoms with Crippen molar-refractivity contribution in [3.05, 3.63) is 36.3 Å². The van der Waals surface area contributed by atoms with E-state index >= 15 is 0 Å². The fraction of sp³-hybridized carbons (Fsp3) is 0.500. The molecule has 0 aromatic carbocycles. The van der Waals surface area contributed by atoms with Gasteiger partial charge in [0.2, 0.25) is 5.95 Å². The van der Waals surface area contributed by atoms with Gasteiger partial charge in [0.15, 0.2) is 0 Å². The molecule has 0 radical (unpaired) electrons. The minimum Gasteiger partial charge on any atom is -0.477 e. The van der Waals surface area contributed by atoms with Gasteiger partial charge in [0, 0.05) is 49.8 Å². The normalized spacial score (nSPS) is 19.7. The molecule has 0 bridgehead atoms. The van der Waals surface area contributed by atoms with Crippen molar-refractivity contribution in [2.45, 2.75) is 44.7 Å². The number of hydrogen-bond donors (Lipinski definition) is 3. The molecule has 0 unspecified atom stereocenters. The Morgan fingerprint density at radius 1 is 1.18 bits per heavy atom. The number of aliphatic hydroxyl groups excluding tert-OH is 1. The molecule has 34 heavy (non-hydrogen) atoms. The highest BCUT2D eigenvalue weighted by atomic mass is 16.4. The van der Waals surface area contributed by atoms with Gasteiger partial charge < -0.3 is 25.0 Å². The Bertz CT molecular complexity index is 1160. The second kappa shape index (κ2) is 9.55. The first kappa shape index (κ1) is 22.5. The SMILES string of the molecule is C[C@H]1CN(c2ccc(Nc3ncc4cc(C(=O)O)n(C5CCCC5)c4n3)nc2)CCN1CCO. The molecule has 1 saturated carbocycles. The summed E-state index contributed by atoms with van der Waals surface area (Å²) in [4.78, 5) is 30.1. The van der Waals surface area contributed by atoms with Crippen molar-refractivity contribution in [3.63, 3.8) is 0 Å². The number of carboxylic acid groups (broad SMARTS) is 1. The van der Waals surface area contributed by atoms with E-state index in [4.69, 9.17) is 0 Å². The Balaban J connectivity index is 1.33. The average Bonchev–Trinajstić information content (AvgIpc) is 3.48. The Hall–Kier alpha value is -3.24. The maximum atomic E-state index is 11.8. The van der Waals surface area contributed by atoms with E-state index in [-0.39, 0.29) is 18.3 Å². The number of anilines is 3. The number of carboxylic acids is 1. The number of carbonyl (C=O) groups is 1. The molecular weight excluding hydrogens is 434 g/mol. The molecule has 180 valence electrons. The first-order valence-electron chi connectivity index (χ1n) is 12.0. The lowest BCUT2D eigenvalue weighted by Gasteiger charge is -2.40. The maximum absolute atomic E-state index is 11.8. The molecule has 1 aliphatic carbocycles. The number of fused-ring (bicyclic) bond motifs is 1. The van der Waals surface area contributed by atoms with E-state index in [1.165, 1.54) is 0 Å². The lowest BCUT2D eigenvalue weighted by atomic mass is 10.2. The highest BCUT2D eigenvalue weighted by Crippen LogP contribution is 2.34. The predicted octanol–water partition coefficient (Wildman–Crippen LogP) is 2.89. The van der Waals surface area contributed by atoms with Gasteiger partial charge in [-0.2, -0.15) is 4.98 Å². The third-order valence-electron chi connectivity index (χ3n) is 6.99. The van der Waals surface area contributed by atoms with E-state index in [0.717, 1.165) is 56.4 Å². The van der Waals surface area contributed by atoms with E-state index in [0.29, 0.717) is 30.0 Å². The number of aliphatic hydroxyl groups is 1. The van der Waals surface area contributed by atoms with Gasteiger partial charge in [-0.25, -0.2) is 14.8 Å². The van der Waals surface area contributed by atoms with Crippen molar-refractivity contribution >= 4 is 34.5 Å². The first-order valence-corrected chi connectivity index (χ1v) is 12.0. The van der Waals surface area contributed by atoms with Crippen LogP contribution in [-0.4, -0.2) is 79.4 Å². The van der Waals surface area contributed by atoms with Gasteiger partial charge in [-0.15, -0.1) is 0 Å². The Labute approximate surface area is 198 Å². The van der Waals surface area contributed by atoms with Crippen molar-refractivity contribution in [1.82, 2.24) is 24.4 Å². The topological polar surface area (TPSA) is 120 Å². The third-order valence-corrected chi connectivity index (χ3v) is 6.99. The minimum absolute atomic E-state index is 0.156. The van der Waals surface area contributed by atoms with Crippen molar-refractivity contribution in [1.29, 1.82) is 0 Å². The summed E-state index contributed by atoms with van der Waals surface area (Å²) < 4.78 is 1.87. The zero-order chi connectivity index (χ0) is 23.7. The van der Waals surface area contributed by atoms with Gasteiger partial charge in [0.1, 0.15) is 17.2 Å². The van der Waals surface area contributed by atoms with Crippen LogP contribution in [0.2, 0.25) is 0 Å². The van der Waals surface area contributed by atoms with Crippen LogP contribution in [0.3, 0.4) is 0 Å². The Kier molecular flexibility index (Phi) is 6.34. The molecule has 0 spiro atoms. The molecule has 1 atom stereocenters. The number of rotatable bonds is 7. The number of nitrogens with zero attached hydrogens (tertiary/aromatic N) is 6. The zero-order valence-corrected chi connectivity index (χ0v) is 19.4. The smallest absolute Gasteiger partial charge is 0.352 e. The van der Waals surface area contributed by atoms with Crippen molar-refractivity contribution in [2.75, 3.05) is 43.0 Å². The van der Waals surface area contributed by atoms with Crippen molar-refractivity contribution in [2.24, 2.45) is 0 Å². The molecule has 3 aromatic rings. The van der Waals surface area contributed by atoms with Crippen molar-refractivity contribution < 1.29 is 15.0 Å². The molecule has 2 fully saturated rings. The summed E-state index contributed by atoms with van der Waals surface area (Å²) in [5, 5.41) is 22.8. The zero-order valence-electron chi connectivity index (χ0n) is 19.4. The molecule has 3 N–H and O–H groups in total. The molecule has 3 aromatic heterocycles. The van der Waals surface area contributed by atoms with E-state index in [1.54, 1.807) is 12.3 Å². The molecule has 4 heterocycles. The lowest BCUT2D eigenvalue weighted by molar-refractivity contribution is 0.0683. The van der Waals surface area contributed by atoms with Crippen LogP contribution < -0.4 is 10.2 Å². The first-order chi connectivity index (χ1) is 16.5. The van der Waals surface area contributed by atoms with Crippen LogP contribution in [0.5, 0.6) is 0 Å². The summed E-state index contributed by atoms with van der Waals surface area (Å²) >= 11 is 0. The molecule has 10 heteroatoms. The number of aromatic carboxylic acids is 1. The summed E-state index contributed by atoms with van der Waals surface area (Å²) in [6, 6.07) is 6.13. The lowest BCUT2D eigenvalue weighted by Crippen LogP contribution is -2.52. The standard InChI is InChI=1S/C24H31N7O3/c1-16-15-30(9-8-29(16)10-11-32)19-6-7-21(25-14-19)27-24-26-13-17-12-20(23(33)34)31(22(17)28-24)18-4-2-3-5-18/h6-7,12-14,16,18,32H,2-5,8-11,15H2,1H3,(H,33,34)(H,25,26,27,28)/t16-/m0/s1. The predicted molar refractivity (Wildman–Crippen MR) is 130 cm³/mol. The fourth-order valence-corrected chi connectivity index (χ4v) is 5.22. The van der Waals surface area contributed by atoms with Crippen LogP contribution in [0.4, 0.5) is 17.5 Å². The average molecular weight is 466 g/mol. The van der Waals surface area contributed by atoms with Crippen LogP contribution >= 0.6 is 0 Å². The third kappa shape index (κ3) is 4.43. The van der Waals surface area contributed by atoms with Crippen LogP contribution in [0, 0.1) is 0 Å². The molecule has 5 rings (SSSR count). The van der Waals surface area contributed by atoms with E-state index < -0.39 is 5.97 Å². The summed E-state index contributed by atoms with van der Waals surface area (Å²) in [5.74, 6) is 0.0870. The number of β-amino-alcohol motifs (C(OH)–C–C–N with tert-alkyl or cyclic N) is 1. The summed E-state index contributed by atoms with van der Waals surface area (Å²) in [6.07, 6.45) is 7.65. The Morgan fingerprint density at radius 2 is 2.00 bits per heavy atom. The van der Waals surface area contributed by atoms with Gasteiger partial charge in [0.25, 0.3) is 0 Å². The van der Waals surface area contributed by atoms with Crippen LogP contribution in [0.1, 0.15) is 49.1 Å². The fourth-order valence-electron chi connectivity index (χ4n) is 5.22. The van der Waals surface area contributed by atoms with Crippen LogP contribution in [0.15, 0.2) is 30.6 Å². The number of nitrogens with one attached hydrogen (secondary N) is 1. The monoisotopic (exact) mass is 465 g/mol. The molecule has 1 aliphatic heterocycles. The van der Waals surface area contributed by atoms with Gasteiger partial charge in [-0.05, 0) is 38.0 Å². The van der Waals surface area contributed by atoms with Crippen LogP contribution in [-0.2, 0) is 0 Å². The summed E-state index contributed by atoms with van der Waals surface area (Å²) in [5.41, 5.74) is 1.97. The summed E-state index contributed by atoms with van der Waals surface area (Å²) in [6.45, 7) is 5.76.